The summed E-state index contributed by atoms with van der Waals surface area (Å²) >= 11 is 0. The van der Waals surface area contributed by atoms with E-state index in [0.717, 1.165) is 169 Å². The molecule has 0 aromatic heterocycles. The maximum Gasteiger partial charge on any atom is 0.166 e. The Hall–Kier alpha value is -6.21. The molecule has 0 aliphatic heterocycles. The van der Waals surface area contributed by atoms with Crippen LogP contribution in [0.15, 0.2) is 0 Å². The molecule has 0 aliphatic rings. The zero-order valence-corrected chi connectivity index (χ0v) is 100. The largest absolute Gasteiger partial charge is 0.331 e. The van der Waals surface area contributed by atoms with Crippen LogP contribution < -0.4 is 0 Å². The highest BCUT2D eigenvalue weighted by Gasteiger charge is 2.25. The van der Waals surface area contributed by atoms with Gasteiger partial charge in [-0.15, -0.1) is 0 Å². The topological polar surface area (TPSA) is 271 Å². The lowest BCUT2D eigenvalue weighted by atomic mass is 10.2. The SMILES string of the molecule is CCCC[N+](C)(CCC#N)CCCC.CCCC[N+](C)(CCCC)CCCC#N.CCC[N+](C)(CC#N)CCC.CCC[N+](C)(CCC)CCCC#N.CC[N+](C)(CC)CC#N.CC[N+](C)(CC)CCC#N.CC[N+](C)(CC)CCCC#N.CN(C)CCCCC[N+](C)(C)C.CN(C)CCCC[N+](C)(C)C.CN(C)CCC[N+](C)(C)C.C[N+](C)(C)CCC#N.C[N+](CCC#N)(CCC#N)CCC#N. The van der Waals surface area contributed by atoms with Gasteiger partial charge < -0.3 is 68.5 Å². The summed E-state index contributed by atoms with van der Waals surface area (Å²) in [5.74, 6) is 0. The Labute approximate surface area is 864 Å². The van der Waals surface area contributed by atoms with Crippen molar-refractivity contribution in [2.45, 2.75) is 290 Å². The van der Waals surface area contributed by atoms with Gasteiger partial charge in [-0.2, -0.15) is 57.9 Å². The summed E-state index contributed by atoms with van der Waals surface area (Å²) in [4.78, 5) is 6.73. The van der Waals surface area contributed by atoms with Crippen LogP contribution in [0.25, 0.3) is 0 Å². The Morgan fingerprint density at radius 3 is 0.565 bits per heavy atom. The first-order valence-corrected chi connectivity index (χ1v) is 54.2. The molecule has 0 aromatic carbocycles. The fraction of sp³-hybridized carbons (Fsp3) is 0.902. The molecule has 0 amide bonds. The number of hydrogen-bond acceptors (Lipinski definition) is 14. The predicted octanol–water partition coefficient (Wildman–Crippen LogP) is 19.7. The van der Waals surface area contributed by atoms with Gasteiger partial charge in [-0.3, -0.25) is 0 Å². The first-order chi connectivity index (χ1) is 64.3. The lowest BCUT2D eigenvalue weighted by molar-refractivity contribution is -0.910. The van der Waals surface area contributed by atoms with E-state index in [0.29, 0.717) is 75.4 Å². The smallest absolute Gasteiger partial charge is 0.166 e. The van der Waals surface area contributed by atoms with E-state index in [1.807, 2.05) is 7.05 Å². The Morgan fingerprint density at radius 2 is 0.341 bits per heavy atom. The fourth-order valence-electron chi connectivity index (χ4n) is 14.5. The number of nitrogens with zero attached hydrogens (tertiary/aromatic N) is 26. The maximum atomic E-state index is 8.62. The van der Waals surface area contributed by atoms with E-state index in [1.165, 1.54) is 205 Å². The van der Waals surface area contributed by atoms with Crippen LogP contribution in [0, 0.1) is 125 Å². The summed E-state index contributed by atoms with van der Waals surface area (Å²) in [5, 5.41) is 93.0. The summed E-state index contributed by atoms with van der Waals surface area (Å²) in [6, 6.07) is 23.9. The van der Waals surface area contributed by atoms with E-state index < -0.39 is 0 Å². The summed E-state index contributed by atoms with van der Waals surface area (Å²) in [6.45, 7) is 64.6. The Kier molecular flexibility index (Phi) is 116. The summed E-state index contributed by atoms with van der Waals surface area (Å²) in [5.41, 5.74) is 0. The molecule has 0 aliphatic carbocycles. The van der Waals surface area contributed by atoms with Crippen LogP contribution in [-0.4, -0.2) is 455 Å². The van der Waals surface area contributed by atoms with Crippen molar-refractivity contribution in [2.75, 3.05) is 386 Å². The van der Waals surface area contributed by atoms with Crippen molar-refractivity contribution in [3.8, 4) is 66.8 Å². The van der Waals surface area contributed by atoms with Crippen molar-refractivity contribution < 1.29 is 53.8 Å². The van der Waals surface area contributed by atoms with Crippen molar-refractivity contribution in [1.29, 1.82) is 57.9 Å². The number of unbranched alkanes of at least 4 members (excludes halogenated alkanes) is 10. The number of nitriles is 11. The molecule has 0 heterocycles. The molecule has 0 saturated carbocycles. The standard InChI is InChI=1S/C13H27N2.C12H25N2.C11H23N2.C10H15N4.C10H25N2.C9H23N2.2C9H19N2.C8H21N2.C8H17N2.C7H15N2.C6H13N2/c1-4-6-11-15(3,12-7-5-2)13-9-8-10-14;1-4-6-10-14(3,11-7-5-2)12-8-9-13;1-4-9-13(3,10-5-2)11-7-6-8-12;1-14(8-2-5-11,9-3-6-12)10-4-7-13;1-11(2)9-7-6-8-10-12(3,4)5;1-10(2)8-6-7-9-11(3,4)5;1-4-11(3,5-2)9-7-6-8-10;1-4-7-11(3,8-5-2)9-6-10;1-9(2)7-6-8-10(3,4)5;1-4-10(3,5-2)8-6-7-9;1-4-9(3,5-2)7-6-8;1-8(2,3)6-4-5-7/h4-9,11-13H2,1-3H3;4-8,10-12H2,1-3H3;4-7,9-11H2,1-3H3;2-4,8-10H2,1H3;6-10H2,1-5H3;6-9H2,1-5H3;4-7,9H2,1-3H3;4-5,7-9H2,1-3H3;6-8H2,1-5H3;4-6,8H2,1-3H3;4-5,7H2,1-3H3;4,6H2,1-3H3/q12*+1. The average Bonchev–Trinajstić information content (AvgIpc) is 0.906. The molecule has 0 bridgehead atoms. The van der Waals surface area contributed by atoms with Crippen LogP contribution in [0.2, 0.25) is 0 Å². The molecule has 808 valence electrons. The summed E-state index contributed by atoms with van der Waals surface area (Å²) < 4.78 is 12.1. The lowest BCUT2D eigenvalue weighted by Crippen LogP contribution is -2.46. The Bertz CT molecular complexity index is 3050. The third kappa shape index (κ3) is 132. The normalized spacial score (nSPS) is 11.3. The van der Waals surface area contributed by atoms with Crippen LogP contribution in [-0.2, 0) is 0 Å². The second-order valence-electron chi connectivity index (χ2n) is 45.3. The van der Waals surface area contributed by atoms with Crippen molar-refractivity contribution in [1.82, 2.24) is 14.7 Å². The van der Waals surface area contributed by atoms with Crippen molar-refractivity contribution in [2.24, 2.45) is 0 Å². The molecule has 26 nitrogen and oxygen atoms in total. The van der Waals surface area contributed by atoms with E-state index in [4.69, 9.17) is 57.9 Å². The second kappa shape index (κ2) is 102. The maximum absolute atomic E-state index is 8.62. The van der Waals surface area contributed by atoms with Gasteiger partial charge in [-0.05, 0) is 180 Å². The van der Waals surface area contributed by atoms with Crippen LogP contribution in [0.3, 0.4) is 0 Å². The summed E-state index contributed by atoms with van der Waals surface area (Å²) in [6.07, 6.45) is 31.8. The van der Waals surface area contributed by atoms with Gasteiger partial charge in [0.15, 0.2) is 13.1 Å². The minimum absolute atomic E-state index is 0.480. The Morgan fingerprint density at radius 1 is 0.152 bits per heavy atom. The molecule has 0 atom stereocenters. The highest BCUT2D eigenvalue weighted by Crippen LogP contribution is 2.15. The Balaban J connectivity index is -0.000000126. The van der Waals surface area contributed by atoms with Gasteiger partial charge in [0, 0.05) is 51.5 Å². The van der Waals surface area contributed by atoms with E-state index in [2.05, 4.69) is 355 Å². The zero-order valence-electron chi connectivity index (χ0n) is 100. The summed E-state index contributed by atoms with van der Waals surface area (Å²) in [7, 11) is 56.9. The lowest BCUT2D eigenvalue weighted by Gasteiger charge is -2.34. The average molecular weight is 1950 g/mol. The fourth-order valence-corrected chi connectivity index (χ4v) is 14.5. The molecule has 0 aromatic rings. The second-order valence-corrected chi connectivity index (χ2v) is 45.3. The van der Waals surface area contributed by atoms with Gasteiger partial charge in [0.2, 0.25) is 0 Å². The number of quaternary nitrogens is 12. The van der Waals surface area contributed by atoms with E-state index in [-0.39, 0.29) is 0 Å². The van der Waals surface area contributed by atoms with Crippen molar-refractivity contribution in [3.63, 3.8) is 0 Å². The molecule has 138 heavy (non-hydrogen) atoms. The predicted molar refractivity (Wildman–Crippen MR) is 593 cm³/mol. The molecule has 0 radical (unpaired) electrons. The first-order valence-electron chi connectivity index (χ1n) is 54.2. The van der Waals surface area contributed by atoms with Crippen LogP contribution >= 0.6 is 0 Å². The van der Waals surface area contributed by atoms with Crippen molar-refractivity contribution in [3.05, 3.63) is 0 Å². The van der Waals surface area contributed by atoms with Gasteiger partial charge in [0.1, 0.15) is 12.1 Å². The van der Waals surface area contributed by atoms with Gasteiger partial charge in [-0.25, -0.2) is 0 Å². The molecule has 0 saturated heterocycles. The van der Waals surface area contributed by atoms with Crippen molar-refractivity contribution >= 4 is 0 Å². The molecule has 0 fully saturated rings. The van der Waals surface area contributed by atoms with Crippen LogP contribution in [0.1, 0.15) is 290 Å². The molecular weight excluding hydrogens is 1710 g/mol. The molecule has 0 spiro atoms. The molecule has 0 N–H and O–H groups in total. The zero-order chi connectivity index (χ0) is 110. The first kappa shape index (κ1) is 157. The number of hydrogen-bond donors (Lipinski definition) is 0. The molecular formula is C112H242N26+12. The third-order valence-electron chi connectivity index (χ3n) is 25.5. The van der Waals surface area contributed by atoms with Crippen LogP contribution in [0.4, 0.5) is 0 Å². The van der Waals surface area contributed by atoms with Gasteiger partial charge in [0.25, 0.3) is 0 Å². The van der Waals surface area contributed by atoms with E-state index in [1.54, 1.807) is 0 Å². The molecule has 0 unspecified atom stereocenters. The van der Waals surface area contributed by atoms with E-state index in [9.17, 15) is 0 Å². The molecule has 0 rings (SSSR count). The van der Waals surface area contributed by atoms with Gasteiger partial charge in [-0.1, -0.05) is 81.1 Å². The highest BCUT2D eigenvalue weighted by molar-refractivity contribution is 4.75. The van der Waals surface area contributed by atoms with E-state index >= 15 is 0 Å². The van der Waals surface area contributed by atoms with Gasteiger partial charge >= 0.3 is 0 Å². The minimum atomic E-state index is 0.480. The minimum Gasteiger partial charge on any atom is -0.331 e. The third-order valence-corrected chi connectivity index (χ3v) is 25.5. The van der Waals surface area contributed by atoms with Gasteiger partial charge in [0.05, 0.1) is 404 Å². The van der Waals surface area contributed by atoms with Crippen LogP contribution in [0.5, 0.6) is 0 Å². The quantitative estimate of drug-likeness (QED) is 0.0311. The monoisotopic (exact) mass is 1950 g/mol. The highest BCUT2D eigenvalue weighted by atomic mass is 15.4. The molecule has 26 heteroatoms. The number of rotatable bonds is 64.